The molecule has 3 aromatic rings. The summed E-state index contributed by atoms with van der Waals surface area (Å²) in [6.45, 7) is -0.376. The molecule has 0 amide bonds. The van der Waals surface area contributed by atoms with Gasteiger partial charge in [-0.15, -0.1) is 0 Å². The van der Waals surface area contributed by atoms with Crippen molar-refractivity contribution < 1.29 is 29.9 Å². The standard InChI is InChI=1S/C19H24N6O6/c1-30-11-5-3-2-4-9(11)10(27)6-21-19-23-16(20)13-17(24-19)25(8-22-13)18-15(29)14(28)12(7-26)31-18/h2-5,8,10,12,14-15,18,26-29H,6-7H2,1H3,(H3,20,21,23,24)/t10?,12-,14-,15-,18-/m1/s1. The summed E-state index contributed by atoms with van der Waals surface area (Å²) >= 11 is 0. The number of hydrogen-bond donors (Lipinski definition) is 6. The summed E-state index contributed by atoms with van der Waals surface area (Å²) in [5.74, 6) is 0.771. The number of nitrogen functional groups attached to an aromatic ring is 1. The van der Waals surface area contributed by atoms with Gasteiger partial charge in [0.15, 0.2) is 17.7 Å². The van der Waals surface area contributed by atoms with E-state index in [9.17, 15) is 20.4 Å². The molecular formula is C19H24N6O6. The quantitative estimate of drug-likeness (QED) is 0.274. The van der Waals surface area contributed by atoms with Gasteiger partial charge < -0.3 is 41.0 Å². The molecule has 1 aromatic carbocycles. The number of ether oxygens (including phenoxy) is 2. The molecule has 7 N–H and O–H groups in total. The van der Waals surface area contributed by atoms with Gasteiger partial charge in [0, 0.05) is 12.1 Å². The number of aliphatic hydroxyl groups excluding tert-OH is 4. The van der Waals surface area contributed by atoms with E-state index < -0.39 is 37.3 Å². The molecule has 4 rings (SSSR count). The van der Waals surface area contributed by atoms with Gasteiger partial charge in [-0.2, -0.15) is 9.97 Å². The largest absolute Gasteiger partial charge is 0.496 e. The van der Waals surface area contributed by atoms with Crippen molar-refractivity contribution in [3.8, 4) is 5.75 Å². The van der Waals surface area contributed by atoms with Gasteiger partial charge in [-0.25, -0.2) is 4.98 Å². The highest BCUT2D eigenvalue weighted by atomic mass is 16.6. The Bertz CT molecular complexity index is 1060. The van der Waals surface area contributed by atoms with Gasteiger partial charge in [0.2, 0.25) is 5.95 Å². The Kier molecular flexibility index (Phi) is 5.89. The van der Waals surface area contributed by atoms with Crippen molar-refractivity contribution in [1.29, 1.82) is 0 Å². The number of para-hydroxylation sites is 1. The topological polar surface area (TPSA) is 181 Å². The number of benzene rings is 1. The van der Waals surface area contributed by atoms with Crippen molar-refractivity contribution in [2.75, 3.05) is 31.3 Å². The first-order valence-electron chi connectivity index (χ1n) is 9.62. The molecule has 1 unspecified atom stereocenters. The summed E-state index contributed by atoms with van der Waals surface area (Å²) in [4.78, 5) is 12.7. The third kappa shape index (κ3) is 3.86. The van der Waals surface area contributed by atoms with Crippen LogP contribution in [0, 0.1) is 0 Å². The van der Waals surface area contributed by atoms with Crippen molar-refractivity contribution in [1.82, 2.24) is 19.5 Å². The number of nitrogens with zero attached hydrogens (tertiary/aromatic N) is 4. The van der Waals surface area contributed by atoms with Crippen LogP contribution in [-0.4, -0.2) is 78.5 Å². The van der Waals surface area contributed by atoms with E-state index in [0.717, 1.165) is 0 Å². The van der Waals surface area contributed by atoms with Crippen LogP contribution in [0.15, 0.2) is 30.6 Å². The van der Waals surface area contributed by atoms with Crippen LogP contribution in [0.1, 0.15) is 17.9 Å². The van der Waals surface area contributed by atoms with E-state index in [1.807, 2.05) is 0 Å². The highest BCUT2D eigenvalue weighted by molar-refractivity contribution is 5.83. The van der Waals surface area contributed by atoms with Gasteiger partial charge in [0.05, 0.1) is 26.1 Å². The van der Waals surface area contributed by atoms with E-state index in [2.05, 4.69) is 20.3 Å². The molecule has 1 saturated heterocycles. The number of rotatable bonds is 7. The predicted octanol–water partition coefficient (Wildman–Crippen LogP) is -0.826. The minimum atomic E-state index is -1.30. The molecule has 0 radical (unpaired) electrons. The number of aromatic nitrogens is 4. The summed E-state index contributed by atoms with van der Waals surface area (Å²) < 4.78 is 12.2. The zero-order valence-corrected chi connectivity index (χ0v) is 16.7. The van der Waals surface area contributed by atoms with Crippen LogP contribution in [0.25, 0.3) is 11.2 Å². The third-order valence-corrected chi connectivity index (χ3v) is 5.19. The fraction of sp³-hybridized carbons (Fsp3) is 0.421. The molecular weight excluding hydrogens is 408 g/mol. The van der Waals surface area contributed by atoms with Crippen molar-refractivity contribution in [3.05, 3.63) is 36.2 Å². The molecule has 12 nitrogen and oxygen atoms in total. The van der Waals surface area contributed by atoms with Crippen LogP contribution in [-0.2, 0) is 4.74 Å². The maximum Gasteiger partial charge on any atom is 0.226 e. The van der Waals surface area contributed by atoms with E-state index in [0.29, 0.717) is 11.3 Å². The number of aliphatic hydroxyl groups is 4. The van der Waals surface area contributed by atoms with Crippen LogP contribution in [0.4, 0.5) is 11.8 Å². The average molecular weight is 432 g/mol. The fourth-order valence-corrected chi connectivity index (χ4v) is 3.55. The van der Waals surface area contributed by atoms with Crippen LogP contribution >= 0.6 is 0 Å². The zero-order valence-electron chi connectivity index (χ0n) is 16.7. The maximum absolute atomic E-state index is 10.5. The second kappa shape index (κ2) is 8.61. The number of fused-ring (bicyclic) bond motifs is 1. The van der Waals surface area contributed by atoms with Gasteiger partial charge >= 0.3 is 0 Å². The SMILES string of the molecule is COc1ccccc1C(O)CNc1nc(N)c2ncn([C@@H]3O[C@H](CO)[C@@H](O)[C@H]3O)c2n1. The molecule has 3 heterocycles. The lowest BCUT2D eigenvalue weighted by Crippen LogP contribution is -2.33. The van der Waals surface area contributed by atoms with E-state index in [1.165, 1.54) is 18.0 Å². The Morgan fingerprint density at radius 3 is 2.74 bits per heavy atom. The number of imidazole rings is 1. The molecule has 12 heteroatoms. The molecule has 1 fully saturated rings. The van der Waals surface area contributed by atoms with Crippen molar-refractivity contribution >= 4 is 22.9 Å². The van der Waals surface area contributed by atoms with Crippen molar-refractivity contribution in [2.24, 2.45) is 0 Å². The van der Waals surface area contributed by atoms with Crippen LogP contribution < -0.4 is 15.8 Å². The molecule has 166 valence electrons. The lowest BCUT2D eigenvalue weighted by atomic mass is 10.1. The maximum atomic E-state index is 10.5. The van der Waals surface area contributed by atoms with Crippen molar-refractivity contribution in [2.45, 2.75) is 30.6 Å². The minimum absolute atomic E-state index is 0.0767. The first-order valence-corrected chi connectivity index (χ1v) is 9.62. The molecule has 0 aliphatic carbocycles. The Morgan fingerprint density at radius 2 is 2.03 bits per heavy atom. The van der Waals surface area contributed by atoms with E-state index in [1.54, 1.807) is 24.3 Å². The smallest absolute Gasteiger partial charge is 0.226 e. The minimum Gasteiger partial charge on any atom is -0.496 e. The Morgan fingerprint density at radius 1 is 1.26 bits per heavy atom. The monoisotopic (exact) mass is 432 g/mol. The van der Waals surface area contributed by atoms with Gasteiger partial charge in [-0.05, 0) is 6.07 Å². The molecule has 1 aliphatic heterocycles. The molecule has 0 spiro atoms. The Balaban J connectivity index is 1.58. The lowest BCUT2D eigenvalue weighted by molar-refractivity contribution is -0.0511. The Hall–Kier alpha value is -3.03. The molecule has 0 bridgehead atoms. The summed E-state index contributed by atoms with van der Waals surface area (Å²) in [5, 5.41) is 43.1. The highest BCUT2D eigenvalue weighted by Gasteiger charge is 2.44. The summed E-state index contributed by atoms with van der Waals surface area (Å²) in [6.07, 6.45) is -4.05. The fourth-order valence-electron chi connectivity index (χ4n) is 3.55. The number of anilines is 2. The summed E-state index contributed by atoms with van der Waals surface area (Å²) in [6, 6.07) is 7.10. The molecule has 0 saturated carbocycles. The third-order valence-electron chi connectivity index (χ3n) is 5.19. The van der Waals surface area contributed by atoms with Crippen LogP contribution in [0.2, 0.25) is 0 Å². The van der Waals surface area contributed by atoms with E-state index >= 15 is 0 Å². The summed E-state index contributed by atoms with van der Waals surface area (Å²) in [7, 11) is 1.52. The van der Waals surface area contributed by atoms with Gasteiger partial charge in [0.1, 0.15) is 29.6 Å². The van der Waals surface area contributed by atoms with E-state index in [-0.39, 0.29) is 29.5 Å². The van der Waals surface area contributed by atoms with Gasteiger partial charge in [0.25, 0.3) is 0 Å². The van der Waals surface area contributed by atoms with E-state index in [4.69, 9.17) is 15.2 Å². The number of nitrogens with two attached hydrogens (primary N) is 1. The second-order valence-electron chi connectivity index (χ2n) is 7.12. The van der Waals surface area contributed by atoms with Crippen LogP contribution in [0.5, 0.6) is 5.75 Å². The van der Waals surface area contributed by atoms with Crippen molar-refractivity contribution in [3.63, 3.8) is 0 Å². The Labute approximate surface area is 176 Å². The molecule has 2 aromatic heterocycles. The second-order valence-corrected chi connectivity index (χ2v) is 7.12. The van der Waals surface area contributed by atoms with Crippen LogP contribution in [0.3, 0.4) is 0 Å². The summed E-state index contributed by atoms with van der Waals surface area (Å²) in [5.41, 5.74) is 7.15. The highest BCUT2D eigenvalue weighted by Crippen LogP contribution is 2.32. The number of methoxy groups -OCH3 is 1. The normalized spacial score (nSPS) is 24.4. The number of nitrogens with one attached hydrogen (secondary N) is 1. The lowest BCUT2D eigenvalue weighted by Gasteiger charge is -2.17. The zero-order chi connectivity index (χ0) is 22.1. The predicted molar refractivity (Wildman–Crippen MR) is 109 cm³/mol. The molecule has 5 atom stereocenters. The first kappa shape index (κ1) is 21.2. The first-order chi connectivity index (χ1) is 14.9. The van der Waals surface area contributed by atoms with Gasteiger partial charge in [-0.1, -0.05) is 18.2 Å². The number of hydrogen-bond acceptors (Lipinski definition) is 11. The average Bonchev–Trinajstić information content (AvgIpc) is 3.33. The van der Waals surface area contributed by atoms with Gasteiger partial charge in [-0.3, -0.25) is 4.57 Å². The molecule has 1 aliphatic rings. The molecule has 31 heavy (non-hydrogen) atoms.